The van der Waals surface area contributed by atoms with Crippen molar-refractivity contribution in [1.29, 1.82) is 0 Å². The third-order valence-corrected chi connectivity index (χ3v) is 2.42. The van der Waals surface area contributed by atoms with Crippen LogP contribution < -0.4 is 0 Å². The summed E-state index contributed by atoms with van der Waals surface area (Å²) in [6, 6.07) is 0. The van der Waals surface area contributed by atoms with E-state index in [1.807, 2.05) is 13.8 Å². The van der Waals surface area contributed by atoms with Gasteiger partial charge in [-0.3, -0.25) is 0 Å². The van der Waals surface area contributed by atoms with Crippen LogP contribution in [0.25, 0.3) is 0 Å². The zero-order valence-electron chi connectivity index (χ0n) is 10.6. The average Bonchev–Trinajstić information content (AvgIpc) is 2.16. The largest absolute Gasteiger partial charge is 0.378 e. The van der Waals surface area contributed by atoms with Crippen molar-refractivity contribution in [2.24, 2.45) is 11.8 Å². The van der Waals surface area contributed by atoms with E-state index in [0.717, 1.165) is 18.9 Å². The molecule has 0 amide bonds. The van der Waals surface area contributed by atoms with E-state index in [2.05, 4.69) is 34.6 Å². The lowest BCUT2D eigenvalue weighted by Gasteiger charge is -2.25. The Labute approximate surface area is 84.9 Å². The molecule has 0 aromatic rings. The van der Waals surface area contributed by atoms with Crippen molar-refractivity contribution in [3.8, 4) is 0 Å². The molecule has 1 heteroatoms. The lowest BCUT2D eigenvalue weighted by molar-refractivity contribution is 0.00857. The maximum atomic E-state index is 5.61. The fourth-order valence-corrected chi connectivity index (χ4v) is 1.28. The van der Waals surface area contributed by atoms with E-state index < -0.39 is 0 Å². The molecule has 0 radical (unpaired) electrons. The molecule has 0 heterocycles. The molecule has 0 aromatic heterocycles. The van der Waals surface area contributed by atoms with Crippen molar-refractivity contribution in [1.82, 2.24) is 0 Å². The Morgan fingerprint density at radius 2 is 1.46 bits per heavy atom. The van der Waals surface area contributed by atoms with E-state index >= 15 is 0 Å². The van der Waals surface area contributed by atoms with Gasteiger partial charge in [0, 0.05) is 6.61 Å². The molecule has 0 aliphatic heterocycles. The Hall–Kier alpha value is -0.0400. The molecule has 2 atom stereocenters. The van der Waals surface area contributed by atoms with Crippen LogP contribution in [0, 0.1) is 11.8 Å². The van der Waals surface area contributed by atoms with E-state index in [-0.39, 0.29) is 0 Å². The quantitative estimate of drug-likeness (QED) is 0.630. The third kappa shape index (κ3) is 7.06. The third-order valence-electron chi connectivity index (χ3n) is 2.42. The van der Waals surface area contributed by atoms with Crippen LogP contribution in [0.2, 0.25) is 0 Å². The topological polar surface area (TPSA) is 9.23 Å². The van der Waals surface area contributed by atoms with Crippen molar-refractivity contribution in [3.63, 3.8) is 0 Å². The predicted octanol–water partition coefficient (Wildman–Crippen LogP) is 4.12. The monoisotopic (exact) mass is 188 g/mol. The first-order valence-electron chi connectivity index (χ1n) is 5.75. The first-order chi connectivity index (χ1) is 6.13. The SMILES string of the molecule is CC.CCOC(CC)C(C)C(C)C. The van der Waals surface area contributed by atoms with Gasteiger partial charge in [-0.1, -0.05) is 41.5 Å². The Morgan fingerprint density at radius 1 is 1.00 bits per heavy atom. The standard InChI is InChI=1S/C10H22O.C2H6/c1-6-10(11-7-2)9(5)8(3)4;1-2/h8-10H,6-7H2,1-5H3;1-2H3. The van der Waals surface area contributed by atoms with Gasteiger partial charge >= 0.3 is 0 Å². The fraction of sp³-hybridized carbons (Fsp3) is 1.00. The molecule has 0 bridgehead atoms. The number of hydrogen-bond acceptors (Lipinski definition) is 1. The molecule has 0 N–H and O–H groups in total. The molecule has 0 aliphatic carbocycles. The van der Waals surface area contributed by atoms with Gasteiger partial charge < -0.3 is 4.74 Å². The fourth-order valence-electron chi connectivity index (χ4n) is 1.28. The zero-order chi connectivity index (χ0) is 10.9. The smallest absolute Gasteiger partial charge is 0.0600 e. The van der Waals surface area contributed by atoms with E-state index in [4.69, 9.17) is 4.74 Å². The number of rotatable bonds is 5. The van der Waals surface area contributed by atoms with Gasteiger partial charge in [-0.05, 0) is 25.2 Å². The number of hydrogen-bond donors (Lipinski definition) is 0. The minimum Gasteiger partial charge on any atom is -0.378 e. The van der Waals surface area contributed by atoms with Gasteiger partial charge in [-0.2, -0.15) is 0 Å². The van der Waals surface area contributed by atoms with Gasteiger partial charge in [0.1, 0.15) is 0 Å². The molecule has 0 aromatic carbocycles. The minimum atomic E-state index is 0.458. The summed E-state index contributed by atoms with van der Waals surface area (Å²) in [6.45, 7) is 15.9. The normalized spacial score (nSPS) is 14.8. The van der Waals surface area contributed by atoms with Gasteiger partial charge in [0.05, 0.1) is 6.10 Å². The highest BCUT2D eigenvalue weighted by atomic mass is 16.5. The summed E-state index contributed by atoms with van der Waals surface area (Å²) < 4.78 is 5.61. The molecule has 0 saturated heterocycles. The van der Waals surface area contributed by atoms with Gasteiger partial charge in [0.15, 0.2) is 0 Å². The van der Waals surface area contributed by atoms with Gasteiger partial charge in [0.25, 0.3) is 0 Å². The Balaban J connectivity index is 0. The van der Waals surface area contributed by atoms with Crippen LogP contribution in [0.1, 0.15) is 54.9 Å². The first kappa shape index (κ1) is 15.4. The van der Waals surface area contributed by atoms with Crippen LogP contribution in [0.5, 0.6) is 0 Å². The van der Waals surface area contributed by atoms with Crippen LogP contribution >= 0.6 is 0 Å². The summed E-state index contributed by atoms with van der Waals surface area (Å²) >= 11 is 0. The summed E-state index contributed by atoms with van der Waals surface area (Å²) in [4.78, 5) is 0. The molecule has 1 nitrogen and oxygen atoms in total. The van der Waals surface area contributed by atoms with Crippen molar-refractivity contribution in [2.45, 2.75) is 61.0 Å². The van der Waals surface area contributed by atoms with E-state index in [0.29, 0.717) is 12.0 Å². The molecule has 0 rings (SSSR count). The second-order valence-electron chi connectivity index (χ2n) is 3.51. The maximum absolute atomic E-state index is 5.61. The number of ether oxygens (including phenoxy) is 1. The Morgan fingerprint density at radius 3 is 1.69 bits per heavy atom. The lowest BCUT2D eigenvalue weighted by atomic mass is 9.91. The van der Waals surface area contributed by atoms with Crippen molar-refractivity contribution in [2.75, 3.05) is 6.61 Å². The Bertz CT molecular complexity index is 89.1. The highest BCUT2D eigenvalue weighted by molar-refractivity contribution is 4.67. The van der Waals surface area contributed by atoms with Crippen LogP contribution in [-0.2, 0) is 4.74 Å². The Kier molecular flexibility index (Phi) is 11.9. The van der Waals surface area contributed by atoms with Crippen molar-refractivity contribution < 1.29 is 4.74 Å². The molecular weight excluding hydrogens is 160 g/mol. The molecule has 2 unspecified atom stereocenters. The lowest BCUT2D eigenvalue weighted by Crippen LogP contribution is -2.25. The van der Waals surface area contributed by atoms with E-state index in [9.17, 15) is 0 Å². The van der Waals surface area contributed by atoms with Gasteiger partial charge in [-0.25, -0.2) is 0 Å². The van der Waals surface area contributed by atoms with Crippen LogP contribution in [-0.4, -0.2) is 12.7 Å². The van der Waals surface area contributed by atoms with Crippen LogP contribution in [0.4, 0.5) is 0 Å². The first-order valence-corrected chi connectivity index (χ1v) is 5.75. The van der Waals surface area contributed by atoms with Crippen molar-refractivity contribution in [3.05, 3.63) is 0 Å². The minimum absolute atomic E-state index is 0.458. The molecular formula is C12H28O. The van der Waals surface area contributed by atoms with Gasteiger partial charge in [-0.15, -0.1) is 0 Å². The average molecular weight is 188 g/mol. The molecule has 0 fully saturated rings. The van der Waals surface area contributed by atoms with Gasteiger partial charge in [0.2, 0.25) is 0 Å². The maximum Gasteiger partial charge on any atom is 0.0600 e. The zero-order valence-corrected chi connectivity index (χ0v) is 10.6. The molecule has 82 valence electrons. The highest BCUT2D eigenvalue weighted by Gasteiger charge is 2.17. The summed E-state index contributed by atoms with van der Waals surface area (Å²) in [6.07, 6.45) is 1.59. The highest BCUT2D eigenvalue weighted by Crippen LogP contribution is 2.19. The van der Waals surface area contributed by atoms with E-state index in [1.54, 1.807) is 0 Å². The summed E-state index contributed by atoms with van der Waals surface area (Å²) in [7, 11) is 0. The summed E-state index contributed by atoms with van der Waals surface area (Å²) in [5.74, 6) is 1.41. The summed E-state index contributed by atoms with van der Waals surface area (Å²) in [5.41, 5.74) is 0. The second kappa shape index (κ2) is 10.0. The van der Waals surface area contributed by atoms with Crippen LogP contribution in [0.15, 0.2) is 0 Å². The van der Waals surface area contributed by atoms with E-state index in [1.165, 1.54) is 0 Å². The van der Waals surface area contributed by atoms with Crippen molar-refractivity contribution >= 4 is 0 Å². The predicted molar refractivity (Wildman–Crippen MR) is 61.1 cm³/mol. The van der Waals surface area contributed by atoms with Crippen LogP contribution in [0.3, 0.4) is 0 Å². The molecule has 0 saturated carbocycles. The molecule has 0 aliphatic rings. The second-order valence-corrected chi connectivity index (χ2v) is 3.51. The molecule has 0 spiro atoms. The molecule has 13 heavy (non-hydrogen) atoms. The summed E-state index contributed by atoms with van der Waals surface area (Å²) in [5, 5.41) is 0.